The average molecular weight is 307 g/mol. The average Bonchev–Trinajstić information content (AvgIpc) is 3.03. The van der Waals surface area contributed by atoms with E-state index >= 15 is 0 Å². The fraction of sp³-hybridized carbons (Fsp3) is 0.647. The highest BCUT2D eigenvalue weighted by atomic mass is 16.5. The molecule has 0 aliphatic carbocycles. The number of ether oxygens (including phenoxy) is 3. The molecular formula is C17H25NO4. The third-order valence-corrected chi connectivity index (χ3v) is 4.23. The van der Waals surface area contributed by atoms with E-state index in [-0.39, 0.29) is 12.1 Å². The molecule has 0 bridgehead atoms. The molecule has 0 radical (unpaired) electrons. The number of benzene rings is 1. The summed E-state index contributed by atoms with van der Waals surface area (Å²) in [6.45, 7) is 5.04. The summed E-state index contributed by atoms with van der Waals surface area (Å²) in [6.07, 6.45) is 1.85. The van der Waals surface area contributed by atoms with Crippen LogP contribution in [0.1, 0.15) is 19.8 Å². The Hall–Kier alpha value is -1.30. The summed E-state index contributed by atoms with van der Waals surface area (Å²) in [5, 5.41) is 10.3. The number of fused-ring (bicyclic) bond motifs is 1. The van der Waals surface area contributed by atoms with Gasteiger partial charge in [-0.3, -0.25) is 0 Å². The summed E-state index contributed by atoms with van der Waals surface area (Å²) < 4.78 is 16.9. The zero-order valence-corrected chi connectivity index (χ0v) is 13.1. The van der Waals surface area contributed by atoms with Gasteiger partial charge in [0.2, 0.25) is 0 Å². The van der Waals surface area contributed by atoms with Crippen LogP contribution < -0.4 is 9.64 Å². The molecule has 0 saturated carbocycles. The molecule has 5 nitrogen and oxygen atoms in total. The highest BCUT2D eigenvalue weighted by molar-refractivity contribution is 5.60. The van der Waals surface area contributed by atoms with Crippen molar-refractivity contribution in [3.63, 3.8) is 0 Å². The first kappa shape index (κ1) is 15.6. The van der Waals surface area contributed by atoms with Gasteiger partial charge >= 0.3 is 0 Å². The van der Waals surface area contributed by atoms with Crippen molar-refractivity contribution in [2.45, 2.75) is 38.0 Å². The highest BCUT2D eigenvalue weighted by Crippen LogP contribution is 2.33. The van der Waals surface area contributed by atoms with E-state index in [2.05, 4.69) is 11.8 Å². The molecule has 122 valence electrons. The monoisotopic (exact) mass is 307 g/mol. The van der Waals surface area contributed by atoms with E-state index in [1.807, 2.05) is 24.3 Å². The molecule has 1 aromatic rings. The van der Waals surface area contributed by atoms with Crippen molar-refractivity contribution in [1.82, 2.24) is 0 Å². The molecule has 1 saturated heterocycles. The van der Waals surface area contributed by atoms with Crippen molar-refractivity contribution in [2.24, 2.45) is 0 Å². The second kappa shape index (κ2) is 7.31. The van der Waals surface area contributed by atoms with Crippen molar-refractivity contribution < 1.29 is 19.3 Å². The van der Waals surface area contributed by atoms with E-state index in [0.717, 1.165) is 30.9 Å². The lowest BCUT2D eigenvalue weighted by Gasteiger charge is -2.37. The van der Waals surface area contributed by atoms with Crippen LogP contribution in [0, 0.1) is 0 Å². The van der Waals surface area contributed by atoms with Crippen molar-refractivity contribution in [1.29, 1.82) is 0 Å². The van der Waals surface area contributed by atoms with Gasteiger partial charge in [0, 0.05) is 13.2 Å². The van der Waals surface area contributed by atoms with Crippen LogP contribution in [-0.4, -0.2) is 56.3 Å². The maximum Gasteiger partial charge on any atom is 0.142 e. The van der Waals surface area contributed by atoms with Gasteiger partial charge in [0.15, 0.2) is 0 Å². The first-order valence-electron chi connectivity index (χ1n) is 8.10. The van der Waals surface area contributed by atoms with Crippen molar-refractivity contribution in [2.75, 3.05) is 37.9 Å². The zero-order chi connectivity index (χ0) is 15.4. The molecule has 2 aliphatic heterocycles. The third-order valence-electron chi connectivity index (χ3n) is 4.23. The highest BCUT2D eigenvalue weighted by Gasteiger charge is 2.26. The van der Waals surface area contributed by atoms with E-state index < -0.39 is 6.10 Å². The molecular weight excluding hydrogens is 282 g/mol. The standard InChI is InChI=1S/C17H25NO4/c1-13-10-22-17-7-3-2-6-16(17)18(13)9-14(19)11-20-12-15-5-4-8-21-15/h2-3,6-7,13-15,19H,4-5,8-12H2,1H3. The fourth-order valence-electron chi connectivity index (χ4n) is 3.02. The van der Waals surface area contributed by atoms with Gasteiger partial charge in [0.25, 0.3) is 0 Å². The molecule has 0 amide bonds. The Kier molecular flexibility index (Phi) is 5.18. The molecule has 22 heavy (non-hydrogen) atoms. The smallest absolute Gasteiger partial charge is 0.142 e. The Morgan fingerprint density at radius 3 is 3.09 bits per heavy atom. The number of hydrogen-bond acceptors (Lipinski definition) is 5. The summed E-state index contributed by atoms with van der Waals surface area (Å²) in [5.41, 5.74) is 1.04. The summed E-state index contributed by atoms with van der Waals surface area (Å²) in [7, 11) is 0. The third kappa shape index (κ3) is 3.72. The SMILES string of the molecule is CC1COc2ccccc2N1CC(O)COCC1CCCO1. The van der Waals surface area contributed by atoms with E-state index in [9.17, 15) is 5.11 Å². The minimum atomic E-state index is -0.519. The second-order valence-electron chi connectivity index (χ2n) is 6.11. The van der Waals surface area contributed by atoms with Crippen LogP contribution in [0.25, 0.3) is 0 Å². The number of para-hydroxylation sites is 2. The molecule has 3 rings (SSSR count). The molecule has 3 unspecified atom stereocenters. The Labute approximate surface area is 131 Å². The molecule has 1 N–H and O–H groups in total. The van der Waals surface area contributed by atoms with E-state index in [1.165, 1.54) is 0 Å². The first-order valence-corrected chi connectivity index (χ1v) is 8.10. The molecule has 0 spiro atoms. The van der Waals surface area contributed by atoms with Crippen LogP contribution in [0.5, 0.6) is 5.75 Å². The zero-order valence-electron chi connectivity index (χ0n) is 13.1. The van der Waals surface area contributed by atoms with E-state index in [1.54, 1.807) is 0 Å². The number of nitrogens with zero attached hydrogens (tertiary/aromatic N) is 1. The molecule has 2 heterocycles. The lowest BCUT2D eigenvalue weighted by molar-refractivity contribution is -0.0155. The van der Waals surface area contributed by atoms with Gasteiger partial charge in [-0.05, 0) is 31.9 Å². The maximum absolute atomic E-state index is 10.3. The number of hydrogen-bond donors (Lipinski definition) is 1. The van der Waals surface area contributed by atoms with Gasteiger partial charge < -0.3 is 24.2 Å². The fourth-order valence-corrected chi connectivity index (χ4v) is 3.02. The summed E-state index contributed by atoms with van der Waals surface area (Å²) in [5.74, 6) is 0.882. The number of β-amino-alcohol motifs (C(OH)–C–C–N with tert-alkyl or cyclic N) is 1. The normalized spacial score (nSPS) is 25.6. The van der Waals surface area contributed by atoms with Gasteiger partial charge in [0.1, 0.15) is 12.4 Å². The largest absolute Gasteiger partial charge is 0.489 e. The molecule has 1 fully saturated rings. The quantitative estimate of drug-likeness (QED) is 0.869. The van der Waals surface area contributed by atoms with Crippen molar-refractivity contribution in [3.05, 3.63) is 24.3 Å². The molecule has 1 aromatic carbocycles. The Balaban J connectivity index is 1.50. The molecule has 5 heteroatoms. The van der Waals surface area contributed by atoms with Crippen LogP contribution >= 0.6 is 0 Å². The van der Waals surface area contributed by atoms with Crippen LogP contribution in [0.4, 0.5) is 5.69 Å². The number of aliphatic hydroxyl groups is 1. The minimum absolute atomic E-state index is 0.204. The summed E-state index contributed by atoms with van der Waals surface area (Å²) in [6, 6.07) is 8.20. The number of anilines is 1. The van der Waals surface area contributed by atoms with Gasteiger partial charge in [-0.15, -0.1) is 0 Å². The lowest BCUT2D eigenvalue weighted by atomic mass is 10.1. The summed E-state index contributed by atoms with van der Waals surface area (Å²) >= 11 is 0. The van der Waals surface area contributed by atoms with Gasteiger partial charge in [-0.25, -0.2) is 0 Å². The van der Waals surface area contributed by atoms with Crippen LogP contribution in [0.15, 0.2) is 24.3 Å². The summed E-state index contributed by atoms with van der Waals surface area (Å²) in [4.78, 5) is 2.19. The topological polar surface area (TPSA) is 51.2 Å². The van der Waals surface area contributed by atoms with Crippen LogP contribution in [-0.2, 0) is 9.47 Å². The Morgan fingerprint density at radius 2 is 2.27 bits per heavy atom. The van der Waals surface area contributed by atoms with Crippen LogP contribution in [0.3, 0.4) is 0 Å². The van der Waals surface area contributed by atoms with Gasteiger partial charge in [0.05, 0.1) is 37.2 Å². The van der Waals surface area contributed by atoms with Gasteiger partial charge in [-0.1, -0.05) is 12.1 Å². The van der Waals surface area contributed by atoms with E-state index in [4.69, 9.17) is 14.2 Å². The Morgan fingerprint density at radius 1 is 1.41 bits per heavy atom. The van der Waals surface area contributed by atoms with Crippen LogP contribution in [0.2, 0.25) is 0 Å². The second-order valence-corrected chi connectivity index (χ2v) is 6.11. The molecule has 2 aliphatic rings. The van der Waals surface area contributed by atoms with Gasteiger partial charge in [-0.2, -0.15) is 0 Å². The lowest BCUT2D eigenvalue weighted by Crippen LogP contribution is -2.46. The predicted molar refractivity (Wildman–Crippen MR) is 84.5 cm³/mol. The Bertz CT molecular complexity index is 475. The minimum Gasteiger partial charge on any atom is -0.489 e. The maximum atomic E-state index is 10.3. The van der Waals surface area contributed by atoms with E-state index in [0.29, 0.717) is 26.4 Å². The first-order chi connectivity index (χ1) is 10.7. The van der Waals surface area contributed by atoms with Crippen molar-refractivity contribution >= 4 is 5.69 Å². The van der Waals surface area contributed by atoms with Crippen molar-refractivity contribution in [3.8, 4) is 5.75 Å². The molecule has 3 atom stereocenters. The predicted octanol–water partition coefficient (Wildman–Crippen LogP) is 1.83. The number of rotatable bonds is 6. The number of aliphatic hydroxyl groups excluding tert-OH is 1. The molecule has 0 aromatic heterocycles.